The molecule has 1 aliphatic carbocycles. The van der Waals surface area contributed by atoms with Gasteiger partial charge in [-0.25, -0.2) is 4.39 Å². The number of nitrogens with one attached hydrogen (secondary N) is 2. The molecule has 170 valence electrons. The molecule has 1 saturated carbocycles. The van der Waals surface area contributed by atoms with Gasteiger partial charge in [-0.3, -0.25) is 4.79 Å². The molecule has 0 aliphatic heterocycles. The maximum Gasteiger partial charge on any atom is 0.287 e. The predicted octanol–water partition coefficient (Wildman–Crippen LogP) is 5.84. The van der Waals surface area contributed by atoms with Crippen LogP contribution in [0.4, 0.5) is 4.39 Å². The van der Waals surface area contributed by atoms with E-state index in [1.54, 1.807) is 30.3 Å². The summed E-state index contributed by atoms with van der Waals surface area (Å²) in [5.41, 5.74) is 0.649. The van der Waals surface area contributed by atoms with Gasteiger partial charge in [0.25, 0.3) is 5.91 Å². The molecule has 4 rings (SSSR count). The fourth-order valence-corrected chi connectivity index (χ4v) is 4.32. The van der Waals surface area contributed by atoms with Crippen molar-refractivity contribution in [2.24, 2.45) is 5.92 Å². The molecule has 1 aliphatic rings. The minimum atomic E-state index is -0.479. The minimum absolute atomic E-state index is 0.0888. The molecular weight excluding hydrogens is 454 g/mol. The van der Waals surface area contributed by atoms with Crippen LogP contribution < -0.4 is 15.4 Å². The van der Waals surface area contributed by atoms with Gasteiger partial charge in [0.05, 0.1) is 5.02 Å². The number of amides is 1. The van der Waals surface area contributed by atoms with Crippen molar-refractivity contribution in [1.82, 2.24) is 10.6 Å². The first-order valence-electron chi connectivity index (χ1n) is 10.8. The monoisotopic (exact) mass is 478 g/mol. The topological polar surface area (TPSA) is 63.5 Å². The molecule has 32 heavy (non-hydrogen) atoms. The van der Waals surface area contributed by atoms with Gasteiger partial charge in [0, 0.05) is 35.6 Å². The summed E-state index contributed by atoms with van der Waals surface area (Å²) < 4.78 is 24.6. The SMILES string of the molecule is O=C(NCC1CCC(NCCOc2ccc(Cl)c(F)c2)CC1)c1cc2cc(Cl)ccc2o1. The Morgan fingerprint density at radius 2 is 1.91 bits per heavy atom. The highest BCUT2D eigenvalue weighted by Gasteiger charge is 2.22. The first-order valence-corrected chi connectivity index (χ1v) is 11.5. The lowest BCUT2D eigenvalue weighted by Crippen LogP contribution is -2.38. The van der Waals surface area contributed by atoms with Gasteiger partial charge in [-0.2, -0.15) is 0 Å². The number of benzene rings is 2. The fraction of sp³-hybridized carbons (Fsp3) is 0.375. The van der Waals surface area contributed by atoms with E-state index < -0.39 is 5.82 Å². The van der Waals surface area contributed by atoms with E-state index in [4.69, 9.17) is 32.4 Å². The zero-order valence-electron chi connectivity index (χ0n) is 17.5. The quantitative estimate of drug-likeness (QED) is 0.399. The highest BCUT2D eigenvalue weighted by molar-refractivity contribution is 6.31. The lowest BCUT2D eigenvalue weighted by Gasteiger charge is -2.29. The van der Waals surface area contributed by atoms with E-state index in [1.165, 1.54) is 12.1 Å². The van der Waals surface area contributed by atoms with E-state index in [9.17, 15) is 9.18 Å². The summed E-state index contributed by atoms with van der Waals surface area (Å²) in [5.74, 6) is 0.545. The van der Waals surface area contributed by atoms with Crippen molar-refractivity contribution in [1.29, 1.82) is 0 Å². The number of furan rings is 1. The molecule has 1 fully saturated rings. The molecule has 8 heteroatoms. The van der Waals surface area contributed by atoms with Gasteiger partial charge in [-0.15, -0.1) is 0 Å². The van der Waals surface area contributed by atoms with Crippen LogP contribution in [0.5, 0.6) is 5.75 Å². The van der Waals surface area contributed by atoms with Crippen LogP contribution in [0.1, 0.15) is 36.2 Å². The number of hydrogen-bond acceptors (Lipinski definition) is 4. The second kappa shape index (κ2) is 10.6. The van der Waals surface area contributed by atoms with E-state index in [0.717, 1.165) is 31.1 Å². The molecule has 0 spiro atoms. The summed E-state index contributed by atoms with van der Waals surface area (Å²) in [6.45, 7) is 1.78. The Hall–Kier alpha value is -2.28. The number of halogens is 3. The second-order valence-corrected chi connectivity index (χ2v) is 8.94. The van der Waals surface area contributed by atoms with Crippen LogP contribution in [-0.4, -0.2) is 31.6 Å². The fourth-order valence-electron chi connectivity index (χ4n) is 4.02. The van der Waals surface area contributed by atoms with Crippen molar-refractivity contribution >= 4 is 40.1 Å². The van der Waals surface area contributed by atoms with Crippen LogP contribution in [-0.2, 0) is 0 Å². The third-order valence-electron chi connectivity index (χ3n) is 5.80. The number of fused-ring (bicyclic) bond motifs is 1. The average molecular weight is 479 g/mol. The van der Waals surface area contributed by atoms with Crippen molar-refractivity contribution in [2.75, 3.05) is 19.7 Å². The van der Waals surface area contributed by atoms with E-state index in [1.807, 2.05) is 0 Å². The normalized spacial score (nSPS) is 18.6. The first kappa shape index (κ1) is 22.9. The Kier molecular flexibility index (Phi) is 7.55. The third kappa shape index (κ3) is 5.94. The Labute approximate surface area is 196 Å². The number of rotatable bonds is 8. The molecule has 5 nitrogen and oxygen atoms in total. The number of ether oxygens (including phenoxy) is 1. The first-order chi connectivity index (χ1) is 15.5. The molecule has 0 atom stereocenters. The van der Waals surface area contributed by atoms with Crippen LogP contribution in [0.2, 0.25) is 10.0 Å². The summed E-state index contributed by atoms with van der Waals surface area (Å²) in [4.78, 5) is 12.4. The molecule has 0 saturated heterocycles. The van der Waals surface area contributed by atoms with Crippen LogP contribution in [0.25, 0.3) is 11.0 Å². The Balaban J connectivity index is 1.14. The van der Waals surface area contributed by atoms with Gasteiger partial charge in [0.15, 0.2) is 5.76 Å². The molecule has 1 amide bonds. The smallest absolute Gasteiger partial charge is 0.287 e. The molecule has 2 N–H and O–H groups in total. The highest BCUT2D eigenvalue weighted by atomic mass is 35.5. The maximum atomic E-state index is 13.4. The number of carbonyl (C=O) groups is 1. The van der Waals surface area contributed by atoms with Gasteiger partial charge >= 0.3 is 0 Å². The van der Waals surface area contributed by atoms with Crippen LogP contribution >= 0.6 is 23.2 Å². The molecule has 3 aromatic rings. The molecule has 0 bridgehead atoms. The summed E-state index contributed by atoms with van der Waals surface area (Å²) in [7, 11) is 0. The average Bonchev–Trinajstić information content (AvgIpc) is 3.21. The maximum absolute atomic E-state index is 13.4. The molecule has 0 radical (unpaired) electrons. The standard InChI is InChI=1S/C24H25Cl2FN2O3/c25-17-3-8-22-16(11-17)12-23(32-22)24(30)29-14-15-1-4-18(5-2-15)28-9-10-31-19-6-7-20(26)21(27)13-19/h3,6-8,11-13,15,18,28H,1-2,4-5,9-10,14H2,(H,29,30). The van der Waals surface area contributed by atoms with E-state index in [-0.39, 0.29) is 10.9 Å². The molecule has 1 aromatic heterocycles. The van der Waals surface area contributed by atoms with Crippen molar-refractivity contribution in [3.05, 3.63) is 64.1 Å². The summed E-state index contributed by atoms with van der Waals surface area (Å²) in [5, 5.41) is 8.00. The van der Waals surface area contributed by atoms with Crippen molar-refractivity contribution in [3.8, 4) is 5.75 Å². The number of hydrogen-bond donors (Lipinski definition) is 2. The third-order valence-corrected chi connectivity index (χ3v) is 6.34. The molecule has 2 aromatic carbocycles. The zero-order valence-corrected chi connectivity index (χ0v) is 19.0. The van der Waals surface area contributed by atoms with Crippen LogP contribution in [0, 0.1) is 11.7 Å². The minimum Gasteiger partial charge on any atom is -0.492 e. The lowest BCUT2D eigenvalue weighted by atomic mass is 9.86. The van der Waals surface area contributed by atoms with Gasteiger partial charge in [-0.1, -0.05) is 23.2 Å². The van der Waals surface area contributed by atoms with E-state index in [0.29, 0.717) is 53.8 Å². The van der Waals surface area contributed by atoms with Crippen molar-refractivity contribution < 1.29 is 18.3 Å². The van der Waals surface area contributed by atoms with E-state index in [2.05, 4.69) is 10.6 Å². The van der Waals surface area contributed by atoms with Gasteiger partial charge in [-0.05, 0) is 68.0 Å². The van der Waals surface area contributed by atoms with Gasteiger partial charge < -0.3 is 19.8 Å². The Morgan fingerprint density at radius 3 is 2.69 bits per heavy atom. The Morgan fingerprint density at radius 1 is 1.09 bits per heavy atom. The Bertz CT molecular complexity index is 1080. The zero-order chi connectivity index (χ0) is 22.5. The van der Waals surface area contributed by atoms with E-state index >= 15 is 0 Å². The van der Waals surface area contributed by atoms with Gasteiger partial charge in [0.2, 0.25) is 0 Å². The summed E-state index contributed by atoms with van der Waals surface area (Å²) in [6.07, 6.45) is 4.16. The van der Waals surface area contributed by atoms with Crippen LogP contribution in [0.15, 0.2) is 46.9 Å². The molecule has 1 heterocycles. The predicted molar refractivity (Wildman–Crippen MR) is 124 cm³/mol. The van der Waals surface area contributed by atoms with Crippen molar-refractivity contribution in [2.45, 2.75) is 31.7 Å². The largest absolute Gasteiger partial charge is 0.492 e. The lowest BCUT2D eigenvalue weighted by molar-refractivity contribution is 0.0916. The van der Waals surface area contributed by atoms with Gasteiger partial charge in [0.1, 0.15) is 23.8 Å². The second-order valence-electron chi connectivity index (χ2n) is 8.10. The molecule has 0 unspecified atom stereocenters. The number of carbonyl (C=O) groups excluding carboxylic acids is 1. The summed E-state index contributed by atoms with van der Waals surface area (Å²) >= 11 is 11.7. The van der Waals surface area contributed by atoms with Crippen LogP contribution in [0.3, 0.4) is 0 Å². The highest BCUT2D eigenvalue weighted by Crippen LogP contribution is 2.25. The van der Waals surface area contributed by atoms with Crippen molar-refractivity contribution in [3.63, 3.8) is 0 Å². The summed E-state index contributed by atoms with van der Waals surface area (Å²) in [6, 6.07) is 11.9. The molecular formula is C24H25Cl2FN2O3.